The predicted octanol–water partition coefficient (Wildman–Crippen LogP) is 2.21. The van der Waals surface area contributed by atoms with Gasteiger partial charge in [0, 0.05) is 6.04 Å². The fourth-order valence-electron chi connectivity index (χ4n) is 1.67. The number of aliphatic carboxylic acids is 1. The molecule has 0 saturated carbocycles. The van der Waals surface area contributed by atoms with Gasteiger partial charge in [-0.05, 0) is 32.4 Å². The van der Waals surface area contributed by atoms with Crippen LogP contribution in [0, 0.1) is 11.7 Å². The van der Waals surface area contributed by atoms with Gasteiger partial charge >= 0.3 is 5.97 Å². The normalized spacial score (nSPS) is 14.9. The average molecular weight is 297 g/mol. The highest BCUT2D eigenvalue weighted by Gasteiger charge is 2.25. The summed E-state index contributed by atoms with van der Waals surface area (Å²) >= 11 is 0. The van der Waals surface area contributed by atoms with Gasteiger partial charge < -0.3 is 15.2 Å². The molecule has 0 aliphatic rings. The lowest BCUT2D eigenvalue weighted by atomic mass is 10.0. The van der Waals surface area contributed by atoms with Crippen LogP contribution in [0.15, 0.2) is 24.3 Å². The van der Waals surface area contributed by atoms with Gasteiger partial charge in [-0.3, -0.25) is 9.59 Å². The van der Waals surface area contributed by atoms with E-state index in [9.17, 15) is 14.0 Å². The molecule has 1 rings (SSSR count). The van der Waals surface area contributed by atoms with Crippen LogP contribution in [0.2, 0.25) is 0 Å². The summed E-state index contributed by atoms with van der Waals surface area (Å²) in [4.78, 5) is 22.9. The Morgan fingerprint density at radius 1 is 1.33 bits per heavy atom. The molecule has 21 heavy (non-hydrogen) atoms. The maximum absolute atomic E-state index is 13.5. The highest BCUT2D eigenvalue weighted by molar-refractivity contribution is 5.82. The van der Waals surface area contributed by atoms with Gasteiger partial charge in [-0.2, -0.15) is 0 Å². The van der Waals surface area contributed by atoms with Gasteiger partial charge in [0.1, 0.15) is 0 Å². The van der Waals surface area contributed by atoms with Gasteiger partial charge in [0.25, 0.3) is 5.91 Å². The Morgan fingerprint density at radius 3 is 2.48 bits per heavy atom. The Morgan fingerprint density at radius 2 is 1.95 bits per heavy atom. The molecule has 3 unspecified atom stereocenters. The zero-order chi connectivity index (χ0) is 16.0. The summed E-state index contributed by atoms with van der Waals surface area (Å²) in [6, 6.07) is 5.27. The Bertz CT molecular complexity index is 506. The highest BCUT2D eigenvalue weighted by Crippen LogP contribution is 2.18. The summed E-state index contributed by atoms with van der Waals surface area (Å²) in [6.45, 7) is 4.84. The average Bonchev–Trinajstić information content (AvgIpc) is 2.45. The van der Waals surface area contributed by atoms with Gasteiger partial charge in [0.05, 0.1) is 5.92 Å². The summed E-state index contributed by atoms with van der Waals surface area (Å²) in [5.74, 6) is -2.72. The van der Waals surface area contributed by atoms with Crippen LogP contribution in [0.4, 0.5) is 4.39 Å². The second-order valence-electron chi connectivity index (χ2n) is 4.87. The van der Waals surface area contributed by atoms with Crippen LogP contribution in [-0.2, 0) is 9.59 Å². The molecule has 1 amide bonds. The first kappa shape index (κ1) is 16.9. The lowest BCUT2D eigenvalue weighted by Crippen LogP contribution is -2.46. The number of nitrogens with one attached hydrogen (secondary N) is 1. The number of carbonyl (C=O) groups is 2. The highest BCUT2D eigenvalue weighted by atomic mass is 19.1. The van der Waals surface area contributed by atoms with Gasteiger partial charge in [-0.15, -0.1) is 0 Å². The molecule has 0 bridgehead atoms. The number of amides is 1. The third-order valence-electron chi connectivity index (χ3n) is 3.28. The number of para-hydroxylation sites is 1. The van der Waals surface area contributed by atoms with Gasteiger partial charge in [0.2, 0.25) is 0 Å². The first-order valence-electron chi connectivity index (χ1n) is 6.81. The van der Waals surface area contributed by atoms with Gasteiger partial charge in [-0.25, -0.2) is 4.39 Å². The fourth-order valence-corrected chi connectivity index (χ4v) is 1.67. The molecule has 1 aromatic rings. The van der Waals surface area contributed by atoms with Crippen molar-refractivity contribution >= 4 is 11.9 Å². The maximum atomic E-state index is 13.5. The molecule has 0 heterocycles. The monoisotopic (exact) mass is 297 g/mol. The van der Waals surface area contributed by atoms with E-state index in [1.165, 1.54) is 25.1 Å². The van der Waals surface area contributed by atoms with E-state index in [2.05, 4.69) is 5.32 Å². The Kier molecular flexibility index (Phi) is 6.14. The van der Waals surface area contributed by atoms with Crippen molar-refractivity contribution < 1.29 is 23.8 Å². The van der Waals surface area contributed by atoms with E-state index in [0.717, 1.165) is 0 Å². The van der Waals surface area contributed by atoms with Crippen molar-refractivity contribution in [3.05, 3.63) is 30.1 Å². The minimum absolute atomic E-state index is 0.00145. The number of carbonyl (C=O) groups excluding carboxylic acids is 1. The van der Waals surface area contributed by atoms with Crippen LogP contribution in [-0.4, -0.2) is 29.1 Å². The zero-order valence-corrected chi connectivity index (χ0v) is 12.3. The zero-order valence-electron chi connectivity index (χ0n) is 12.3. The van der Waals surface area contributed by atoms with Crippen LogP contribution >= 0.6 is 0 Å². The van der Waals surface area contributed by atoms with Crippen LogP contribution < -0.4 is 10.1 Å². The van der Waals surface area contributed by atoms with Gasteiger partial charge in [-0.1, -0.05) is 19.1 Å². The number of hydrogen-bond donors (Lipinski definition) is 2. The van der Waals surface area contributed by atoms with Crippen LogP contribution in [0.3, 0.4) is 0 Å². The lowest BCUT2D eigenvalue weighted by Gasteiger charge is -2.22. The molecular formula is C15H20FNO4. The molecule has 6 heteroatoms. The second-order valence-corrected chi connectivity index (χ2v) is 4.87. The van der Waals surface area contributed by atoms with E-state index in [-0.39, 0.29) is 5.75 Å². The van der Waals surface area contributed by atoms with Crippen LogP contribution in [0.5, 0.6) is 5.75 Å². The van der Waals surface area contributed by atoms with Crippen molar-refractivity contribution in [2.24, 2.45) is 5.92 Å². The predicted molar refractivity (Wildman–Crippen MR) is 75.5 cm³/mol. The van der Waals surface area contributed by atoms with Crippen molar-refractivity contribution in [1.29, 1.82) is 0 Å². The smallest absolute Gasteiger partial charge is 0.308 e. The topological polar surface area (TPSA) is 75.6 Å². The lowest BCUT2D eigenvalue weighted by molar-refractivity contribution is -0.142. The molecule has 1 aromatic carbocycles. The summed E-state index contributed by atoms with van der Waals surface area (Å²) in [6.07, 6.45) is -0.528. The number of halogens is 1. The number of rotatable bonds is 7. The SMILES string of the molecule is CCC(Oc1ccccc1F)C(=O)NC(C)C(C)C(=O)O. The molecule has 0 spiro atoms. The first-order chi connectivity index (χ1) is 9.86. The number of hydrogen-bond acceptors (Lipinski definition) is 3. The van der Waals surface area contributed by atoms with Crippen molar-refractivity contribution in [1.82, 2.24) is 5.32 Å². The molecular weight excluding hydrogens is 277 g/mol. The van der Waals surface area contributed by atoms with Crippen molar-refractivity contribution in [3.63, 3.8) is 0 Å². The minimum atomic E-state index is -0.995. The number of ether oxygens (including phenoxy) is 1. The van der Waals surface area contributed by atoms with Crippen LogP contribution in [0.1, 0.15) is 27.2 Å². The van der Waals surface area contributed by atoms with E-state index in [0.29, 0.717) is 6.42 Å². The second kappa shape index (κ2) is 7.61. The quantitative estimate of drug-likeness (QED) is 0.809. The van der Waals surface area contributed by atoms with E-state index in [4.69, 9.17) is 9.84 Å². The third-order valence-corrected chi connectivity index (χ3v) is 3.28. The summed E-state index contributed by atoms with van der Waals surface area (Å²) in [5.41, 5.74) is 0. The molecule has 5 nitrogen and oxygen atoms in total. The molecule has 0 radical (unpaired) electrons. The molecule has 3 atom stereocenters. The standard InChI is InChI=1S/C15H20FNO4/c1-4-12(21-13-8-6-5-7-11(13)16)14(18)17-10(3)9(2)15(19)20/h5-10,12H,4H2,1-3H3,(H,17,18)(H,19,20). The molecule has 0 aliphatic heterocycles. The summed E-state index contributed by atoms with van der Waals surface area (Å²) in [5, 5.41) is 11.5. The van der Waals surface area contributed by atoms with Gasteiger partial charge in [0.15, 0.2) is 17.7 Å². The molecule has 116 valence electrons. The maximum Gasteiger partial charge on any atom is 0.308 e. The first-order valence-corrected chi connectivity index (χ1v) is 6.81. The van der Waals surface area contributed by atoms with Crippen LogP contribution in [0.25, 0.3) is 0 Å². The molecule has 0 aliphatic carbocycles. The Balaban J connectivity index is 2.70. The summed E-state index contributed by atoms with van der Waals surface area (Å²) in [7, 11) is 0. The number of benzene rings is 1. The van der Waals surface area contributed by atoms with E-state index < -0.39 is 35.8 Å². The Hall–Kier alpha value is -2.11. The number of carboxylic acid groups (broad SMARTS) is 1. The van der Waals surface area contributed by atoms with E-state index in [1.54, 1.807) is 19.9 Å². The molecule has 0 fully saturated rings. The molecule has 2 N–H and O–H groups in total. The third kappa shape index (κ3) is 4.73. The van der Waals surface area contributed by atoms with Crippen molar-refractivity contribution in [2.45, 2.75) is 39.3 Å². The van der Waals surface area contributed by atoms with E-state index in [1.807, 2.05) is 0 Å². The Labute approximate surface area is 123 Å². The largest absolute Gasteiger partial charge is 0.481 e. The summed E-state index contributed by atoms with van der Waals surface area (Å²) < 4.78 is 18.9. The number of carboxylic acids is 1. The van der Waals surface area contributed by atoms with E-state index >= 15 is 0 Å². The van der Waals surface area contributed by atoms with Crippen molar-refractivity contribution in [2.75, 3.05) is 0 Å². The minimum Gasteiger partial charge on any atom is -0.481 e. The fraction of sp³-hybridized carbons (Fsp3) is 0.467. The molecule has 0 saturated heterocycles. The molecule has 0 aromatic heterocycles. The van der Waals surface area contributed by atoms with Crippen molar-refractivity contribution in [3.8, 4) is 5.75 Å².